The van der Waals surface area contributed by atoms with E-state index in [2.05, 4.69) is 15.8 Å². The van der Waals surface area contributed by atoms with E-state index in [1.54, 1.807) is 25.1 Å². The predicted molar refractivity (Wildman–Crippen MR) is 138 cm³/mol. The van der Waals surface area contributed by atoms with Crippen LogP contribution < -0.4 is 20.2 Å². The first kappa shape index (κ1) is 28.9. The largest absolute Gasteiger partial charge is 0.487 e. The average molecular weight is 539 g/mol. The molecule has 2 aromatic carbocycles. The lowest BCUT2D eigenvalue weighted by atomic mass is 10.0. The van der Waals surface area contributed by atoms with Gasteiger partial charge >= 0.3 is 5.69 Å². The maximum atomic E-state index is 12.7. The number of ether oxygens (including phenoxy) is 2. The van der Waals surface area contributed by atoms with E-state index >= 15 is 0 Å². The Bertz CT molecular complexity index is 1130. The van der Waals surface area contributed by atoms with Crippen LogP contribution in [-0.4, -0.2) is 41.7 Å². The number of nitro benzene ring substituents is 1. The van der Waals surface area contributed by atoms with Crippen LogP contribution in [0.4, 0.5) is 5.69 Å². The molecule has 0 fully saturated rings. The number of carbonyl (C=O) groups excluding carboxylic acids is 2. The summed E-state index contributed by atoms with van der Waals surface area (Å²) in [5.74, 6) is -0.568. The minimum Gasteiger partial charge on any atom is -0.487 e. The molecule has 0 spiro atoms. The van der Waals surface area contributed by atoms with Gasteiger partial charge in [0.15, 0.2) is 11.9 Å². The fraction of sp³-hybridized carbons (Fsp3) is 0.375. The Morgan fingerprint density at radius 1 is 1.11 bits per heavy atom. The molecule has 0 aliphatic rings. The van der Waals surface area contributed by atoms with Crippen molar-refractivity contribution in [3.05, 3.63) is 62.1 Å². The third-order valence-corrected chi connectivity index (χ3v) is 5.31. The molecule has 0 aliphatic heterocycles. The highest BCUT2D eigenvalue weighted by molar-refractivity contribution is 6.35. The minimum atomic E-state index is -0.945. The number of hydrogen-bond acceptors (Lipinski definition) is 7. The highest BCUT2D eigenvalue weighted by atomic mass is 35.5. The highest BCUT2D eigenvalue weighted by Gasteiger charge is 2.25. The van der Waals surface area contributed by atoms with Crippen molar-refractivity contribution < 1.29 is 24.0 Å². The summed E-state index contributed by atoms with van der Waals surface area (Å²) in [6.45, 7) is 7.34. The zero-order chi connectivity index (χ0) is 26.8. The van der Waals surface area contributed by atoms with E-state index in [9.17, 15) is 19.7 Å². The number of rotatable bonds is 12. The Labute approximate surface area is 219 Å². The Kier molecular flexibility index (Phi) is 10.9. The predicted octanol–water partition coefficient (Wildman–Crippen LogP) is 4.75. The Morgan fingerprint density at radius 2 is 1.81 bits per heavy atom. The molecule has 2 N–H and O–H groups in total. The minimum absolute atomic E-state index is 0.0840. The summed E-state index contributed by atoms with van der Waals surface area (Å²) >= 11 is 12.0. The number of halogens is 2. The zero-order valence-corrected chi connectivity index (χ0v) is 21.8. The van der Waals surface area contributed by atoms with Gasteiger partial charge in [0.25, 0.3) is 11.8 Å². The summed E-state index contributed by atoms with van der Waals surface area (Å²) in [5.41, 5.74) is 2.54. The molecular formula is C24H28Cl2N4O6. The molecule has 0 aromatic heterocycles. The molecule has 0 saturated heterocycles. The quantitative estimate of drug-likeness (QED) is 0.227. The summed E-state index contributed by atoms with van der Waals surface area (Å²) in [5, 5.41) is 18.5. The number of amides is 2. The molecule has 0 heterocycles. The van der Waals surface area contributed by atoms with Gasteiger partial charge in [-0.15, -0.1) is 0 Å². The van der Waals surface area contributed by atoms with Crippen LogP contribution >= 0.6 is 23.2 Å². The van der Waals surface area contributed by atoms with Crippen molar-refractivity contribution in [2.75, 3.05) is 6.61 Å². The van der Waals surface area contributed by atoms with Gasteiger partial charge in [0.2, 0.25) is 0 Å². The van der Waals surface area contributed by atoms with Crippen LogP contribution in [0.1, 0.15) is 39.7 Å². The number of carbonyl (C=O) groups is 2. The van der Waals surface area contributed by atoms with Gasteiger partial charge in [-0.1, -0.05) is 37.0 Å². The molecule has 36 heavy (non-hydrogen) atoms. The van der Waals surface area contributed by atoms with Gasteiger partial charge in [-0.25, -0.2) is 5.43 Å². The van der Waals surface area contributed by atoms with Crippen LogP contribution in [0.25, 0.3) is 0 Å². The molecular weight excluding hydrogens is 511 g/mol. The molecule has 2 atom stereocenters. The molecule has 0 aliphatic carbocycles. The lowest BCUT2D eigenvalue weighted by molar-refractivity contribution is -0.385. The van der Waals surface area contributed by atoms with Crippen molar-refractivity contribution in [3.8, 4) is 11.5 Å². The van der Waals surface area contributed by atoms with Crippen molar-refractivity contribution in [2.45, 2.75) is 46.3 Å². The number of nitro groups is 1. The van der Waals surface area contributed by atoms with E-state index in [0.717, 1.165) is 0 Å². The van der Waals surface area contributed by atoms with Gasteiger partial charge in [0, 0.05) is 16.7 Å². The Hall–Kier alpha value is -3.37. The first-order valence-electron chi connectivity index (χ1n) is 11.2. The highest BCUT2D eigenvalue weighted by Crippen LogP contribution is 2.29. The molecule has 194 valence electrons. The standard InChI is InChI=1S/C24H28Cl2N4O6/c1-5-35-22-8-6-16(11-20(22)30(33)34)13-27-29-24(32)19(10-14(2)3)28-23(31)15(4)36-21-9-7-17(25)12-18(21)26/h6-9,11-15,19H,5,10H2,1-4H3,(H,28,31)(H,29,32)/b27-13-/t15-,19+/m0/s1. The number of hydrogen-bond donors (Lipinski definition) is 2. The second-order valence-electron chi connectivity index (χ2n) is 8.18. The molecule has 0 radical (unpaired) electrons. The fourth-order valence-electron chi connectivity index (χ4n) is 3.09. The first-order valence-corrected chi connectivity index (χ1v) is 11.9. The smallest absolute Gasteiger partial charge is 0.311 e. The maximum Gasteiger partial charge on any atom is 0.311 e. The molecule has 0 bridgehead atoms. The summed E-state index contributed by atoms with van der Waals surface area (Å²) in [6, 6.07) is 8.05. The van der Waals surface area contributed by atoms with E-state index in [1.807, 2.05) is 13.8 Å². The van der Waals surface area contributed by atoms with E-state index in [4.69, 9.17) is 32.7 Å². The second kappa shape index (κ2) is 13.6. The maximum absolute atomic E-state index is 12.7. The number of nitrogens with zero attached hydrogens (tertiary/aromatic N) is 2. The Morgan fingerprint density at radius 3 is 2.42 bits per heavy atom. The molecule has 2 amide bonds. The summed E-state index contributed by atoms with van der Waals surface area (Å²) in [4.78, 5) is 36.2. The summed E-state index contributed by atoms with van der Waals surface area (Å²) < 4.78 is 10.9. The zero-order valence-electron chi connectivity index (χ0n) is 20.3. The van der Waals surface area contributed by atoms with Crippen LogP contribution in [0, 0.1) is 16.0 Å². The second-order valence-corrected chi connectivity index (χ2v) is 9.02. The lowest BCUT2D eigenvalue weighted by Gasteiger charge is -2.22. The third-order valence-electron chi connectivity index (χ3n) is 4.77. The fourth-order valence-corrected chi connectivity index (χ4v) is 3.54. The van der Waals surface area contributed by atoms with E-state index in [0.29, 0.717) is 17.0 Å². The van der Waals surface area contributed by atoms with Gasteiger partial charge in [-0.3, -0.25) is 19.7 Å². The van der Waals surface area contributed by atoms with Crippen LogP contribution in [-0.2, 0) is 9.59 Å². The van der Waals surface area contributed by atoms with Gasteiger partial charge < -0.3 is 14.8 Å². The number of hydrazone groups is 1. The topological polar surface area (TPSA) is 132 Å². The summed E-state index contributed by atoms with van der Waals surface area (Å²) in [7, 11) is 0. The third kappa shape index (κ3) is 8.69. The average Bonchev–Trinajstić information content (AvgIpc) is 2.80. The van der Waals surface area contributed by atoms with Crippen LogP contribution in [0.15, 0.2) is 41.5 Å². The van der Waals surface area contributed by atoms with E-state index < -0.39 is 28.9 Å². The molecule has 10 nitrogen and oxygen atoms in total. The normalized spacial score (nSPS) is 12.8. The monoisotopic (exact) mass is 538 g/mol. The van der Waals surface area contributed by atoms with Crippen molar-refractivity contribution >= 4 is 46.9 Å². The first-order chi connectivity index (χ1) is 17.0. The van der Waals surface area contributed by atoms with Gasteiger partial charge in [0.1, 0.15) is 11.8 Å². The van der Waals surface area contributed by atoms with Crippen molar-refractivity contribution in [3.63, 3.8) is 0 Å². The molecule has 0 unspecified atom stereocenters. The summed E-state index contributed by atoms with van der Waals surface area (Å²) in [6.07, 6.45) is 0.665. The lowest BCUT2D eigenvalue weighted by Crippen LogP contribution is -2.49. The van der Waals surface area contributed by atoms with Gasteiger partial charge in [-0.05, 0) is 56.5 Å². The van der Waals surface area contributed by atoms with Crippen LogP contribution in [0.2, 0.25) is 10.0 Å². The van der Waals surface area contributed by atoms with Gasteiger partial charge in [0.05, 0.1) is 22.8 Å². The van der Waals surface area contributed by atoms with Crippen molar-refractivity contribution in [2.24, 2.45) is 11.0 Å². The molecule has 12 heteroatoms. The SMILES string of the molecule is CCOc1ccc(/C=N\NC(=O)[C@@H](CC(C)C)NC(=O)[C@H](C)Oc2ccc(Cl)cc2Cl)cc1[N+](=O)[O-]. The molecule has 0 saturated carbocycles. The number of nitrogens with one attached hydrogen (secondary N) is 2. The van der Waals surface area contributed by atoms with Crippen LogP contribution in [0.5, 0.6) is 11.5 Å². The van der Waals surface area contributed by atoms with Gasteiger partial charge in [-0.2, -0.15) is 5.10 Å². The van der Waals surface area contributed by atoms with E-state index in [-0.39, 0.29) is 34.7 Å². The van der Waals surface area contributed by atoms with Crippen LogP contribution in [0.3, 0.4) is 0 Å². The molecule has 2 aromatic rings. The van der Waals surface area contributed by atoms with Crippen molar-refractivity contribution in [1.82, 2.24) is 10.7 Å². The van der Waals surface area contributed by atoms with E-state index in [1.165, 1.54) is 31.3 Å². The molecule has 2 rings (SSSR count). The Balaban J connectivity index is 2.06. The van der Waals surface area contributed by atoms with Crippen molar-refractivity contribution in [1.29, 1.82) is 0 Å². The number of benzene rings is 2.